The van der Waals surface area contributed by atoms with Crippen LogP contribution in [0, 0.1) is 0 Å². The predicted molar refractivity (Wildman–Crippen MR) is 568 cm³/mol. The van der Waals surface area contributed by atoms with Crippen LogP contribution in [0.1, 0.15) is 89.0 Å². The van der Waals surface area contributed by atoms with Crippen molar-refractivity contribution in [2.45, 2.75) is 51.4 Å². The van der Waals surface area contributed by atoms with Gasteiger partial charge in [-0.05, 0) is 403 Å². The highest BCUT2D eigenvalue weighted by molar-refractivity contribution is 6.20. The Morgan fingerprint density at radius 2 is 0.421 bits per heavy atom. The topological polar surface area (TPSA) is 121 Å². The van der Waals surface area contributed by atoms with Crippen LogP contribution < -0.4 is 0 Å². The van der Waals surface area contributed by atoms with Gasteiger partial charge >= 0.3 is 0 Å². The van der Waals surface area contributed by atoms with E-state index in [1.807, 2.05) is 49.1 Å². The molecule has 16 aromatic carbocycles. The average Bonchev–Trinajstić information content (AvgIpc) is 1.56. The summed E-state index contributed by atoms with van der Waals surface area (Å²) in [6, 6.07) is 124. The SMILES string of the molecule is c1ccc2c(c1)Cc1c-2ccc2c1-c1cc3c4cccnc4n4c5ccccc5nc4c3cc1C2.c1ccc2c(c1)Cc1c-2ccc2c1Cc1cc3c(cc1-2)c1cccnc1n1c2ccccc2nc31.c1ccc2c(c1)Cc1cc3c(cc1-2)-c1cc2c4cccnc4n4c5ccccc5nc4c2cc1C3.c1ccc2c(c1)Cc1ccc3c(c1-2)-c1cc2c4cccnc4n4c5ccccc5nc4c2cc1C3. The molecule has 8 aliphatic carbocycles. The molecule has 36 rings (SSSR count). The van der Waals surface area contributed by atoms with Gasteiger partial charge in [-0.25, -0.2) is 39.9 Å². The maximum atomic E-state index is 5.08. The molecule has 648 valence electrons. The number of hydrogen-bond acceptors (Lipinski definition) is 8. The van der Waals surface area contributed by atoms with Gasteiger partial charge in [0.25, 0.3) is 0 Å². The Labute approximate surface area is 799 Å². The van der Waals surface area contributed by atoms with Crippen LogP contribution in [-0.2, 0) is 51.4 Å². The van der Waals surface area contributed by atoms with Crippen molar-refractivity contribution in [2.75, 3.05) is 0 Å². The number of para-hydroxylation sites is 8. The second kappa shape index (κ2) is 27.9. The van der Waals surface area contributed by atoms with Crippen molar-refractivity contribution >= 4 is 154 Å². The van der Waals surface area contributed by atoms with E-state index in [1.165, 1.54) is 243 Å². The first-order valence-electron chi connectivity index (χ1n) is 48.8. The van der Waals surface area contributed by atoms with Crippen LogP contribution in [0.5, 0.6) is 0 Å². The molecule has 12 nitrogen and oxygen atoms in total. The second-order valence-electron chi connectivity index (χ2n) is 39.3. The number of imidazole rings is 4. The van der Waals surface area contributed by atoms with Crippen molar-refractivity contribution in [1.29, 1.82) is 0 Å². The number of aromatic nitrogens is 12. The summed E-state index contributed by atoms with van der Waals surface area (Å²) in [4.78, 5) is 39.6. The van der Waals surface area contributed by atoms with E-state index >= 15 is 0 Å². The van der Waals surface area contributed by atoms with E-state index in [9.17, 15) is 0 Å². The molecule has 8 aliphatic rings. The van der Waals surface area contributed by atoms with Crippen molar-refractivity contribution in [3.63, 3.8) is 0 Å². The minimum atomic E-state index is 0.963. The average molecular weight is 1780 g/mol. The fourth-order valence-electron chi connectivity index (χ4n) is 26.2. The predicted octanol–water partition coefficient (Wildman–Crippen LogP) is 29.3. The van der Waals surface area contributed by atoms with E-state index in [0.717, 1.165) is 141 Å². The van der Waals surface area contributed by atoms with E-state index in [1.54, 1.807) is 0 Å². The summed E-state index contributed by atoms with van der Waals surface area (Å²) in [6.07, 6.45) is 15.5. The minimum absolute atomic E-state index is 0.963. The van der Waals surface area contributed by atoms with E-state index < -0.39 is 0 Å². The fraction of sp³-hybridized carbons (Fsp3) is 0.0625. The van der Waals surface area contributed by atoms with Gasteiger partial charge in [0.05, 0.1) is 44.1 Å². The third-order valence-electron chi connectivity index (χ3n) is 32.2. The van der Waals surface area contributed by atoms with Gasteiger partial charge in [-0.2, -0.15) is 0 Å². The molecule has 0 atom stereocenters. The standard InChI is InChI=1S/4C32H19N3/c1-2-7-21-18(6-1)15-26-22(21)12-11-19-14-20-16-27-25(17-24(20)30(19)26)23-8-5-13-33-31(23)35-29-10-4-3-9-28(29)34-32(27)35;1-2-7-20-18(6-1)14-25-21(20)11-12-22-24-17-27-23-8-5-13-33-31(23)35-30-10-4-3-9-29(30)34-32(35)28(27)16-19(24)15-26(22)25;1-2-7-22-18(6-1)14-19-11-12-20-15-21-16-26-25(17-24(21)30(20)29(19)22)23-8-5-13-33-31(23)35-28-10-4-3-9-27(28)34-32(26)35;1-2-7-22-18(6-1)12-19-13-20-14-21-15-28-27(17-26(21)25(20)16-24(19)22)23-8-5-11-33-31(23)35-30-10-4-3-9-29(30)34-32(28)35/h3*1-13,16-17H,14-15H2;1-11,13,15-17H,12,14H2. The van der Waals surface area contributed by atoms with Crippen molar-refractivity contribution in [3.05, 3.63) is 454 Å². The lowest BCUT2D eigenvalue weighted by Gasteiger charge is -2.13. The number of hydrogen-bond donors (Lipinski definition) is 0. The lowest BCUT2D eigenvalue weighted by atomic mass is 9.92. The largest absolute Gasteiger partial charge is 0.276 e. The van der Waals surface area contributed by atoms with Crippen LogP contribution in [0.25, 0.3) is 243 Å². The molecule has 0 N–H and O–H groups in total. The Morgan fingerprint density at radius 3 is 0.879 bits per heavy atom. The van der Waals surface area contributed by atoms with Gasteiger partial charge in [-0.3, -0.25) is 17.6 Å². The molecule has 12 aromatic heterocycles. The van der Waals surface area contributed by atoms with Gasteiger partial charge in [0.1, 0.15) is 45.2 Å². The van der Waals surface area contributed by atoms with E-state index in [4.69, 9.17) is 39.9 Å². The molecule has 12 heteroatoms. The molecule has 0 saturated heterocycles. The summed E-state index contributed by atoms with van der Waals surface area (Å²) in [7, 11) is 0. The maximum Gasteiger partial charge on any atom is 0.147 e. The number of rotatable bonds is 0. The molecule has 0 fully saturated rings. The Morgan fingerprint density at radius 1 is 0.150 bits per heavy atom. The zero-order valence-corrected chi connectivity index (χ0v) is 75.7. The molecular formula is C128H76N12. The van der Waals surface area contributed by atoms with Crippen LogP contribution in [0.4, 0.5) is 0 Å². The Bertz CT molecular complexity index is 10600. The van der Waals surface area contributed by atoms with Crippen LogP contribution in [0.3, 0.4) is 0 Å². The highest BCUT2D eigenvalue weighted by Crippen LogP contribution is 2.56. The quantitative estimate of drug-likeness (QED) is 0.138. The van der Waals surface area contributed by atoms with E-state index in [0.29, 0.717) is 0 Å². The number of nitrogens with zero attached hydrogens (tertiary/aromatic N) is 12. The monoisotopic (exact) mass is 1780 g/mol. The van der Waals surface area contributed by atoms with E-state index in [-0.39, 0.29) is 0 Å². The Kier molecular flexibility index (Phi) is 15.0. The first-order chi connectivity index (χ1) is 69.4. The molecule has 140 heavy (non-hydrogen) atoms. The third-order valence-corrected chi connectivity index (χ3v) is 32.2. The molecule has 0 bridgehead atoms. The van der Waals surface area contributed by atoms with Crippen molar-refractivity contribution < 1.29 is 0 Å². The minimum Gasteiger partial charge on any atom is -0.276 e. The second-order valence-corrected chi connectivity index (χ2v) is 39.3. The van der Waals surface area contributed by atoms with Gasteiger partial charge in [-0.15, -0.1) is 0 Å². The summed E-state index contributed by atoms with van der Waals surface area (Å²) >= 11 is 0. The number of benzene rings is 16. The smallest absolute Gasteiger partial charge is 0.147 e. The highest BCUT2D eigenvalue weighted by Gasteiger charge is 2.36. The van der Waals surface area contributed by atoms with Crippen LogP contribution in [-0.4, -0.2) is 57.5 Å². The summed E-state index contributed by atoms with van der Waals surface area (Å²) < 4.78 is 8.92. The molecule has 0 radical (unpaired) electrons. The van der Waals surface area contributed by atoms with Crippen LogP contribution >= 0.6 is 0 Å². The lowest BCUT2D eigenvalue weighted by Crippen LogP contribution is -1.95. The Hall–Kier alpha value is -18.0. The number of fused-ring (bicyclic) bond motifs is 59. The zero-order chi connectivity index (χ0) is 90.7. The molecular weight excluding hydrogens is 1710 g/mol. The Balaban J connectivity index is 0.0000000829. The van der Waals surface area contributed by atoms with Gasteiger partial charge in [0.15, 0.2) is 0 Å². The van der Waals surface area contributed by atoms with Crippen LogP contribution in [0.15, 0.2) is 365 Å². The fourth-order valence-corrected chi connectivity index (χ4v) is 26.2. The summed E-state index contributed by atoms with van der Waals surface area (Å²) in [5, 5.41) is 14.4. The van der Waals surface area contributed by atoms with Gasteiger partial charge in [0, 0.05) is 67.9 Å². The maximum absolute atomic E-state index is 5.08. The molecule has 0 spiro atoms. The van der Waals surface area contributed by atoms with Gasteiger partial charge < -0.3 is 0 Å². The highest BCUT2D eigenvalue weighted by atomic mass is 15.1. The normalized spacial score (nSPS) is 13.5. The molecule has 0 saturated carbocycles. The third kappa shape index (κ3) is 10.4. The summed E-state index contributed by atoms with van der Waals surface area (Å²) in [5.74, 6) is 0. The van der Waals surface area contributed by atoms with Crippen LogP contribution in [0.2, 0.25) is 0 Å². The molecule has 28 aromatic rings. The zero-order valence-electron chi connectivity index (χ0n) is 75.7. The summed E-state index contributed by atoms with van der Waals surface area (Å²) in [5.41, 5.74) is 61.6. The van der Waals surface area contributed by atoms with Crippen molar-refractivity contribution in [3.8, 4) is 89.0 Å². The summed E-state index contributed by atoms with van der Waals surface area (Å²) in [6.45, 7) is 0. The molecule has 0 aliphatic heterocycles. The molecule has 0 unspecified atom stereocenters. The van der Waals surface area contributed by atoms with Gasteiger partial charge in [-0.1, -0.05) is 188 Å². The first-order valence-corrected chi connectivity index (χ1v) is 48.8. The molecule has 12 heterocycles. The number of pyridine rings is 8. The molecule has 0 amide bonds. The van der Waals surface area contributed by atoms with Crippen molar-refractivity contribution in [2.24, 2.45) is 0 Å². The lowest BCUT2D eigenvalue weighted by molar-refractivity contribution is 1.16. The van der Waals surface area contributed by atoms with E-state index in [2.05, 4.69) is 333 Å². The van der Waals surface area contributed by atoms with Gasteiger partial charge in [0.2, 0.25) is 0 Å². The van der Waals surface area contributed by atoms with Crippen molar-refractivity contribution in [1.82, 2.24) is 57.5 Å². The first kappa shape index (κ1) is 75.3.